The van der Waals surface area contributed by atoms with Crippen LogP contribution in [0.15, 0.2) is 0 Å². The summed E-state index contributed by atoms with van der Waals surface area (Å²) in [7, 11) is 0. The first-order valence-electron chi connectivity index (χ1n) is 0. The Kier molecular flexibility index (Phi) is 255. The molecule has 0 rings (SSSR count). The van der Waals surface area contributed by atoms with Crippen molar-refractivity contribution in [3.63, 3.8) is 0 Å². The summed E-state index contributed by atoms with van der Waals surface area (Å²) in [4.78, 5) is 0. The zero-order valence-corrected chi connectivity index (χ0v) is 18.2. The Balaban J connectivity index is 0. The summed E-state index contributed by atoms with van der Waals surface area (Å²) >= 11 is 0. The molecule has 0 bridgehead atoms. The summed E-state index contributed by atoms with van der Waals surface area (Å²) < 4.78 is 0. The van der Waals surface area contributed by atoms with Crippen LogP contribution in [0.25, 0.3) is 0 Å². The van der Waals surface area contributed by atoms with Crippen molar-refractivity contribution < 1.29 is 0 Å². The first kappa shape index (κ1) is 45.8. The molecule has 0 aliphatic heterocycles. The van der Waals surface area contributed by atoms with Gasteiger partial charge >= 0.3 is 52.4 Å². The molecule has 0 nitrogen and oxygen atoms in total. The van der Waals surface area contributed by atoms with Gasteiger partial charge in [-0.15, -0.1) is 0 Å². The monoisotopic (exact) mass is 888 g/mol. The van der Waals surface area contributed by atoms with Gasteiger partial charge in [0, 0.05) is 17.1 Å². The van der Waals surface area contributed by atoms with Crippen molar-refractivity contribution in [2.45, 2.75) is 0 Å². The minimum atomic E-state index is 0. The summed E-state index contributed by atoms with van der Waals surface area (Å²) in [6, 6.07) is 0. The topological polar surface area (TPSA) is 0 Å². The Morgan fingerprint density at radius 2 is 0.500 bits per heavy atom. The van der Waals surface area contributed by atoms with E-state index < -0.39 is 0 Å². The molecule has 0 heterocycles. The molecule has 0 aromatic rings. The molecular weight excluding hydrogens is 880 g/mol. The molecule has 6 heavy (non-hydrogen) atoms. The van der Waals surface area contributed by atoms with Crippen LogP contribution in [0.1, 0.15) is 0 Å². The molecule has 0 saturated carbocycles. The Morgan fingerprint density at radius 3 is 0.500 bits per heavy atom. The van der Waals surface area contributed by atoms with E-state index in [-0.39, 0.29) is 140 Å². The molecule has 6 heteroatoms. The van der Waals surface area contributed by atoms with Gasteiger partial charge in [-0.05, 0) is 0 Å². The van der Waals surface area contributed by atoms with Crippen LogP contribution in [0.2, 0.25) is 0 Å². The molecule has 0 aromatic carbocycles. The maximum Gasteiger partial charge on any atom is 3.00 e. The van der Waals surface area contributed by atoms with Crippen LogP contribution in [0.4, 0.5) is 0 Å². The average Bonchev–Trinajstić information content (AvgIpc) is 0. The minimum Gasteiger partial charge on any atom is -2.00 e. The molecule has 0 aromatic heterocycles. The second kappa shape index (κ2) is 33.4. The predicted molar refractivity (Wildman–Crippen MR) is 34.5 cm³/mol. The van der Waals surface area contributed by atoms with Crippen LogP contribution >= 0.6 is 0 Å². The maximum absolute atomic E-state index is 0. The van der Waals surface area contributed by atoms with Crippen molar-refractivity contribution in [3.8, 4) is 0 Å². The summed E-state index contributed by atoms with van der Waals surface area (Å²) in [6.07, 6.45) is 0. The van der Waals surface area contributed by atoms with E-state index in [1.54, 1.807) is 0 Å². The van der Waals surface area contributed by atoms with E-state index in [1.165, 1.54) is 0 Å². The van der Waals surface area contributed by atoms with Gasteiger partial charge in [0.25, 0.3) is 0 Å². The first-order chi connectivity index (χ1) is 0. The fraction of sp³-hybridized carbons (Fsp3) is 0. The van der Waals surface area contributed by atoms with Crippen LogP contribution in [-0.4, -0.2) is 140 Å². The van der Waals surface area contributed by atoms with Crippen LogP contribution in [0, 0.1) is 0 Å². The van der Waals surface area contributed by atoms with Crippen molar-refractivity contribution >= 4 is 140 Å². The van der Waals surface area contributed by atoms with E-state index in [9.17, 15) is 0 Å². The quantitative estimate of drug-likeness (QED) is 0.241. The molecule has 0 amide bonds. The van der Waals surface area contributed by atoms with E-state index in [0.717, 1.165) is 0 Å². The second-order valence-electron chi connectivity index (χ2n) is 0. The largest absolute Gasteiger partial charge is 3.00 e. The van der Waals surface area contributed by atoms with Crippen molar-refractivity contribution in [2.24, 2.45) is 0 Å². The summed E-state index contributed by atoms with van der Waals surface area (Å²) in [6.45, 7) is 0. The van der Waals surface area contributed by atoms with Gasteiger partial charge in [-0.1, -0.05) is 0 Å². The third kappa shape index (κ3) is 23.4. The SMILES string of the molecule is [Bi+3].[Bi+3].[Se].[Te-2].[Te-2].[Te-2]. The van der Waals surface area contributed by atoms with Gasteiger partial charge in [0.2, 0.25) is 0 Å². The van der Waals surface area contributed by atoms with Gasteiger partial charge in [0.15, 0.2) is 0 Å². The number of rotatable bonds is 0. The van der Waals surface area contributed by atoms with Gasteiger partial charge in [0.05, 0.1) is 0 Å². The van der Waals surface area contributed by atoms with Gasteiger partial charge in [-0.3, -0.25) is 0 Å². The Hall–Kier alpha value is 4.65. The van der Waals surface area contributed by atoms with E-state index in [2.05, 4.69) is 0 Å². The van der Waals surface area contributed by atoms with Crippen LogP contribution in [-0.2, 0) is 0 Å². The van der Waals surface area contributed by atoms with Crippen LogP contribution in [0.5, 0.6) is 0 Å². The van der Waals surface area contributed by atoms with Crippen molar-refractivity contribution in [1.82, 2.24) is 0 Å². The predicted octanol–water partition coefficient (Wildman–Crippen LogP) is -2.28. The first-order valence-corrected chi connectivity index (χ1v) is 0. The normalized spacial score (nSPS) is 0. The van der Waals surface area contributed by atoms with Crippen molar-refractivity contribution in [2.75, 3.05) is 0 Å². The fourth-order valence-corrected chi connectivity index (χ4v) is 0. The third-order valence-electron chi connectivity index (χ3n) is 0. The molecule has 0 unspecified atom stereocenters. The maximum atomic E-state index is 0. The van der Waals surface area contributed by atoms with E-state index in [0.29, 0.717) is 0 Å². The summed E-state index contributed by atoms with van der Waals surface area (Å²) in [5.74, 6) is 0. The fourth-order valence-electron chi connectivity index (χ4n) is 0. The molecule has 6 radical (unpaired) electrons. The molecule has 0 N–H and O–H groups in total. The average molecular weight is 880 g/mol. The van der Waals surface area contributed by atoms with Crippen molar-refractivity contribution in [3.05, 3.63) is 0 Å². The molecule has 0 atom stereocenters. The van der Waals surface area contributed by atoms with Gasteiger partial charge in [-0.2, -0.15) is 0 Å². The van der Waals surface area contributed by atoms with Crippen LogP contribution < -0.4 is 0 Å². The summed E-state index contributed by atoms with van der Waals surface area (Å²) in [5.41, 5.74) is 0. The molecule has 0 aliphatic rings. The third-order valence-corrected chi connectivity index (χ3v) is 0. The smallest absolute Gasteiger partial charge is 2.00 e. The summed E-state index contributed by atoms with van der Waals surface area (Å²) in [5, 5.41) is 0. The standard InChI is InChI=1S/2Bi.Se.3Te/q2*+3;;3*-2. The molecule has 0 aliphatic carbocycles. The number of hydrogen-bond acceptors (Lipinski definition) is 0. The Labute approximate surface area is 137 Å². The van der Waals surface area contributed by atoms with E-state index in [1.807, 2.05) is 0 Å². The number of hydrogen-bond donors (Lipinski definition) is 0. The molecule has 0 spiro atoms. The minimum absolute atomic E-state index is 0. The second-order valence-corrected chi connectivity index (χ2v) is 0. The van der Waals surface area contributed by atoms with Crippen LogP contribution in [0.3, 0.4) is 0 Å². The van der Waals surface area contributed by atoms with Gasteiger partial charge in [0.1, 0.15) is 0 Å². The van der Waals surface area contributed by atoms with Gasteiger partial charge in [-0.25, -0.2) is 0 Å². The molecule has 34 valence electrons. The Morgan fingerprint density at radius 1 is 0.500 bits per heavy atom. The van der Waals surface area contributed by atoms with E-state index in [4.69, 9.17) is 0 Å². The Bertz CT molecular complexity index is 8.75. The molecule has 0 saturated heterocycles. The molecular formula is Bi2SeTe3. The van der Waals surface area contributed by atoms with Gasteiger partial charge < -0.3 is 71.0 Å². The zero-order valence-electron chi connectivity index (χ0n) is 2.53. The zero-order chi connectivity index (χ0) is 0. The molecule has 0 fully saturated rings. The van der Waals surface area contributed by atoms with E-state index >= 15 is 0 Å². The van der Waals surface area contributed by atoms with Crippen molar-refractivity contribution in [1.29, 1.82) is 0 Å².